The van der Waals surface area contributed by atoms with E-state index in [9.17, 15) is 18.0 Å². The second kappa shape index (κ2) is 8.40. The topological polar surface area (TPSA) is 68.2 Å². The van der Waals surface area contributed by atoms with Crippen molar-refractivity contribution in [2.45, 2.75) is 44.5 Å². The lowest BCUT2D eigenvalue weighted by atomic mass is 9.77. The Balaban J connectivity index is 1.40. The summed E-state index contributed by atoms with van der Waals surface area (Å²) in [7, 11) is 0. The van der Waals surface area contributed by atoms with Gasteiger partial charge in [0.15, 0.2) is 0 Å². The molecule has 2 bridgehead atoms. The predicted octanol–water partition coefficient (Wildman–Crippen LogP) is 5.00. The molecule has 0 radical (unpaired) electrons. The molecule has 6 rings (SSSR count). The molecule has 3 atom stereocenters. The van der Waals surface area contributed by atoms with Gasteiger partial charge in [-0.05, 0) is 49.8 Å². The number of hydrogen-bond donors (Lipinski definition) is 0. The van der Waals surface area contributed by atoms with E-state index in [-0.39, 0.29) is 29.9 Å². The van der Waals surface area contributed by atoms with Crippen molar-refractivity contribution in [2.75, 3.05) is 6.54 Å². The van der Waals surface area contributed by atoms with Gasteiger partial charge >= 0.3 is 6.18 Å². The lowest BCUT2D eigenvalue weighted by Gasteiger charge is -2.49. The molecule has 3 aromatic rings. The number of carbonyl (C=O) groups is 1. The van der Waals surface area contributed by atoms with Gasteiger partial charge in [0.1, 0.15) is 16.8 Å². The summed E-state index contributed by atoms with van der Waals surface area (Å²) in [5.74, 6) is 0.212. The number of alkyl halides is 3. The fourth-order valence-electron chi connectivity index (χ4n) is 4.74. The van der Waals surface area contributed by atoms with Crippen molar-refractivity contribution < 1.29 is 22.7 Å². The van der Waals surface area contributed by atoms with Crippen LogP contribution in [0, 0.1) is 12.8 Å². The Bertz CT molecular complexity index is 1150. The fraction of sp³-hybridized carbons (Fsp3) is 0.391. The van der Waals surface area contributed by atoms with Crippen LogP contribution < -0.4 is 4.74 Å². The first-order valence-electron chi connectivity index (χ1n) is 10.7. The van der Waals surface area contributed by atoms with Gasteiger partial charge in [0.2, 0.25) is 5.88 Å². The lowest BCUT2D eigenvalue weighted by Crippen LogP contribution is -2.59. The zero-order chi connectivity index (χ0) is 23.2. The molecule has 1 amide bonds. The number of rotatable bonds is 4. The average Bonchev–Trinajstić information content (AvgIpc) is 3.33. The Morgan fingerprint density at radius 1 is 1.15 bits per heavy atom. The maximum atomic E-state index is 13.7. The Labute approximate surface area is 192 Å². The van der Waals surface area contributed by atoms with E-state index in [0.29, 0.717) is 12.2 Å². The highest BCUT2D eigenvalue weighted by Crippen LogP contribution is 2.39. The molecule has 1 aliphatic carbocycles. The van der Waals surface area contributed by atoms with Crippen molar-refractivity contribution in [3.8, 4) is 16.5 Å². The molecule has 3 aromatic heterocycles. The predicted molar refractivity (Wildman–Crippen MR) is 116 cm³/mol. The van der Waals surface area contributed by atoms with Crippen molar-refractivity contribution in [1.29, 1.82) is 0 Å². The summed E-state index contributed by atoms with van der Waals surface area (Å²) >= 11 is 1.45. The molecule has 3 unspecified atom stereocenters. The molecule has 5 heterocycles. The number of aromatic nitrogens is 3. The zero-order valence-electron chi connectivity index (χ0n) is 17.7. The minimum atomic E-state index is -4.45. The normalized spacial score (nSPS) is 22.4. The molecule has 0 N–H and O–H groups in total. The van der Waals surface area contributed by atoms with Gasteiger partial charge in [0.05, 0.1) is 11.6 Å². The third-order valence-corrected chi connectivity index (χ3v) is 7.12. The van der Waals surface area contributed by atoms with Crippen LogP contribution in [0.5, 0.6) is 5.88 Å². The third-order valence-electron chi connectivity index (χ3n) is 6.33. The van der Waals surface area contributed by atoms with Crippen LogP contribution in [0.3, 0.4) is 0 Å². The van der Waals surface area contributed by atoms with Crippen molar-refractivity contribution in [2.24, 2.45) is 5.92 Å². The molecule has 2 saturated heterocycles. The number of thiazole rings is 1. The molecule has 0 aromatic carbocycles. The van der Waals surface area contributed by atoms with Crippen molar-refractivity contribution in [1.82, 2.24) is 19.9 Å². The summed E-state index contributed by atoms with van der Waals surface area (Å²) in [6.45, 7) is 2.54. The third kappa shape index (κ3) is 4.19. The SMILES string of the molecule is Cc1ccnc(C(=O)N2CC3CCC2C(Oc2ccc(C(F)(F)F)cn2)C3)c1-c1nccs1. The lowest BCUT2D eigenvalue weighted by molar-refractivity contribution is -0.137. The van der Waals surface area contributed by atoms with Crippen molar-refractivity contribution in [3.63, 3.8) is 0 Å². The van der Waals surface area contributed by atoms with Crippen molar-refractivity contribution in [3.05, 3.63) is 59.0 Å². The molecule has 10 heteroatoms. The van der Waals surface area contributed by atoms with Crippen LogP contribution in [0.4, 0.5) is 13.2 Å². The highest BCUT2D eigenvalue weighted by molar-refractivity contribution is 7.13. The zero-order valence-corrected chi connectivity index (χ0v) is 18.6. The standard InChI is InChI=1S/C23H21F3N4O2S/c1-13-6-7-27-20(19(13)21-28-8-9-33-21)22(31)30-12-14-2-4-16(30)17(10-14)32-18-5-3-15(11-29-18)23(24,25)26/h3,5-9,11,14,16-17H,2,4,10,12H2,1H3. The number of nitrogens with zero attached hydrogens (tertiary/aromatic N) is 4. The number of halogens is 3. The number of hydrogen-bond acceptors (Lipinski definition) is 6. The second-order valence-corrected chi connectivity index (χ2v) is 9.33. The Kier molecular flexibility index (Phi) is 5.55. The quantitative estimate of drug-likeness (QED) is 0.532. The number of amides is 1. The van der Waals surface area contributed by atoms with E-state index in [0.717, 1.165) is 47.7 Å². The van der Waals surface area contributed by atoms with E-state index in [1.54, 1.807) is 12.4 Å². The van der Waals surface area contributed by atoms with E-state index < -0.39 is 11.7 Å². The minimum Gasteiger partial charge on any atom is -0.472 e. The summed E-state index contributed by atoms with van der Waals surface area (Å²) in [4.78, 5) is 28.1. The summed E-state index contributed by atoms with van der Waals surface area (Å²) < 4.78 is 44.5. The molecule has 6 nitrogen and oxygen atoms in total. The number of fused-ring (bicyclic) bond motifs is 3. The van der Waals surface area contributed by atoms with E-state index >= 15 is 0 Å². The van der Waals surface area contributed by atoms with Crippen LogP contribution in [0.25, 0.3) is 10.6 Å². The number of piperidine rings is 2. The minimum absolute atomic E-state index is 0.130. The van der Waals surface area contributed by atoms with Gasteiger partial charge in [-0.25, -0.2) is 9.97 Å². The number of pyridine rings is 2. The highest BCUT2D eigenvalue weighted by atomic mass is 32.1. The monoisotopic (exact) mass is 474 g/mol. The number of carbonyl (C=O) groups excluding carboxylic acids is 1. The first-order valence-corrected chi connectivity index (χ1v) is 11.6. The van der Waals surface area contributed by atoms with Gasteiger partial charge in [-0.3, -0.25) is 9.78 Å². The van der Waals surface area contributed by atoms with E-state index in [1.807, 2.05) is 23.3 Å². The number of ether oxygens (including phenoxy) is 1. The molecule has 3 fully saturated rings. The maximum Gasteiger partial charge on any atom is 0.417 e. The van der Waals surface area contributed by atoms with Gasteiger partial charge in [-0.2, -0.15) is 13.2 Å². The van der Waals surface area contributed by atoms with E-state index in [4.69, 9.17) is 4.74 Å². The largest absolute Gasteiger partial charge is 0.472 e. The molecule has 2 aliphatic heterocycles. The van der Waals surface area contributed by atoms with Crippen LogP contribution in [0.1, 0.15) is 40.9 Å². The molecule has 172 valence electrons. The Morgan fingerprint density at radius 2 is 2.00 bits per heavy atom. The van der Waals surface area contributed by atoms with Crippen LogP contribution in [-0.2, 0) is 6.18 Å². The molecule has 1 saturated carbocycles. The Morgan fingerprint density at radius 3 is 2.67 bits per heavy atom. The van der Waals surface area contributed by atoms with Crippen LogP contribution in [0.2, 0.25) is 0 Å². The van der Waals surface area contributed by atoms with Crippen molar-refractivity contribution >= 4 is 17.2 Å². The second-order valence-electron chi connectivity index (χ2n) is 8.43. The smallest absolute Gasteiger partial charge is 0.417 e. The summed E-state index contributed by atoms with van der Waals surface area (Å²) in [6.07, 6.45) is 1.80. The Hall–Kier alpha value is -3.01. The van der Waals surface area contributed by atoms with Gasteiger partial charge in [0, 0.05) is 42.1 Å². The number of aryl methyl sites for hydroxylation is 1. The van der Waals surface area contributed by atoms with Gasteiger partial charge in [-0.15, -0.1) is 11.3 Å². The fourth-order valence-corrected chi connectivity index (χ4v) is 5.49. The molecular weight excluding hydrogens is 453 g/mol. The van der Waals surface area contributed by atoms with Gasteiger partial charge in [-0.1, -0.05) is 0 Å². The summed E-state index contributed by atoms with van der Waals surface area (Å²) in [5, 5.41) is 2.60. The van der Waals surface area contributed by atoms with Gasteiger partial charge < -0.3 is 9.64 Å². The maximum absolute atomic E-state index is 13.7. The van der Waals surface area contributed by atoms with Crippen LogP contribution in [0.15, 0.2) is 42.2 Å². The summed E-state index contributed by atoms with van der Waals surface area (Å²) in [5.41, 5.74) is 1.20. The average molecular weight is 475 g/mol. The molecule has 33 heavy (non-hydrogen) atoms. The highest BCUT2D eigenvalue weighted by Gasteiger charge is 2.45. The molecular formula is C23H21F3N4O2S. The van der Waals surface area contributed by atoms with E-state index in [2.05, 4.69) is 15.0 Å². The molecule has 0 spiro atoms. The molecule has 3 aliphatic rings. The van der Waals surface area contributed by atoms with Gasteiger partial charge in [0.25, 0.3) is 5.91 Å². The first kappa shape index (κ1) is 21.8. The first-order chi connectivity index (χ1) is 15.8. The van der Waals surface area contributed by atoms with Crippen LogP contribution >= 0.6 is 11.3 Å². The summed E-state index contributed by atoms with van der Waals surface area (Å²) in [6, 6.07) is 3.86. The van der Waals surface area contributed by atoms with E-state index in [1.165, 1.54) is 17.4 Å². The van der Waals surface area contributed by atoms with Crippen LogP contribution in [-0.4, -0.2) is 44.4 Å².